The highest BCUT2D eigenvalue weighted by molar-refractivity contribution is 5.85. The Hall–Kier alpha value is -0.770. The Morgan fingerprint density at radius 3 is 2.50 bits per heavy atom. The average Bonchev–Trinajstić information content (AvgIpc) is 2.33. The first-order valence-corrected chi connectivity index (χ1v) is 2.84. The molecule has 0 spiro atoms. The molecular weight excluding hydrogens is 199 g/mol. The number of rotatable bonds is 0. The maximum absolute atomic E-state index is 4.08. The molecule has 0 aliphatic rings. The molecule has 0 saturated carbocycles. The Kier molecular flexibility index (Phi) is 6.70. The number of nitrogens with zero attached hydrogens (tertiary/aromatic N) is 2. The Balaban J connectivity index is 0. The van der Waals surface area contributed by atoms with Crippen molar-refractivity contribution >= 4 is 30.5 Å². The molecule has 0 atom stereocenters. The summed E-state index contributed by atoms with van der Waals surface area (Å²) < 4.78 is 1.97. The van der Waals surface area contributed by atoms with E-state index in [-0.39, 0.29) is 30.3 Å². The van der Waals surface area contributed by atoms with Gasteiger partial charge in [0.05, 0.1) is 0 Å². The maximum atomic E-state index is 4.08. The van der Waals surface area contributed by atoms with Gasteiger partial charge in [0, 0.05) is 18.6 Å². The largest absolute Gasteiger partial charge is 0.412 e. The van der Waals surface area contributed by atoms with Crippen LogP contribution in [0.5, 0.6) is 0 Å². The minimum Gasteiger partial charge on any atom is -0.412 e. The summed E-state index contributed by atoms with van der Waals surface area (Å²) in [5.74, 6) is 0. The van der Waals surface area contributed by atoms with E-state index in [4.69, 9.17) is 0 Å². The van der Waals surface area contributed by atoms with Gasteiger partial charge in [-0.1, -0.05) is 6.07 Å². The zero-order chi connectivity index (χ0) is 6.10. The first-order valence-electron chi connectivity index (χ1n) is 2.84. The van der Waals surface area contributed by atoms with Crippen LogP contribution in [0, 0.1) is 0 Å². The first-order chi connectivity index (χ1) is 4.47. The molecule has 0 saturated heterocycles. The molecule has 0 aliphatic heterocycles. The van der Waals surface area contributed by atoms with Crippen LogP contribution in [0.15, 0.2) is 36.8 Å². The van der Waals surface area contributed by atoms with E-state index in [2.05, 4.69) is 4.98 Å². The number of hydrogen-bond donors (Lipinski definition) is 0. The van der Waals surface area contributed by atoms with E-state index < -0.39 is 0 Å². The van der Waals surface area contributed by atoms with Crippen molar-refractivity contribution in [1.29, 1.82) is 0 Å². The van der Waals surface area contributed by atoms with E-state index in [1.807, 2.05) is 35.0 Å². The van der Waals surface area contributed by atoms with Crippen LogP contribution in [0.25, 0.3) is 5.65 Å². The van der Waals surface area contributed by atoms with E-state index in [1.165, 1.54) is 0 Å². The standard InChI is InChI=1S/C7H6N2.2ClH.H2O/c1-2-5-9-6-4-8-7(9)3-1;;;/h1-6H;2*1H;1H2. The second-order valence-corrected chi connectivity index (χ2v) is 1.89. The van der Waals surface area contributed by atoms with Gasteiger partial charge in [0.2, 0.25) is 0 Å². The summed E-state index contributed by atoms with van der Waals surface area (Å²) in [4.78, 5) is 4.08. The summed E-state index contributed by atoms with van der Waals surface area (Å²) in [6.45, 7) is 0. The van der Waals surface area contributed by atoms with Crippen molar-refractivity contribution in [3.8, 4) is 0 Å². The maximum Gasteiger partial charge on any atom is 0.136 e. The zero-order valence-electron chi connectivity index (χ0n) is 6.18. The fourth-order valence-electron chi connectivity index (χ4n) is 0.864. The number of pyridine rings is 1. The van der Waals surface area contributed by atoms with Gasteiger partial charge in [0.1, 0.15) is 5.65 Å². The predicted molar refractivity (Wildman–Crippen MR) is 53.3 cm³/mol. The molecule has 2 N–H and O–H groups in total. The highest BCUT2D eigenvalue weighted by Crippen LogP contribution is 1.96. The van der Waals surface area contributed by atoms with E-state index in [0.29, 0.717) is 0 Å². The Morgan fingerprint density at radius 1 is 1.08 bits per heavy atom. The van der Waals surface area contributed by atoms with Gasteiger partial charge in [-0.2, -0.15) is 0 Å². The van der Waals surface area contributed by atoms with Crippen LogP contribution in [-0.4, -0.2) is 14.9 Å². The lowest BCUT2D eigenvalue weighted by Gasteiger charge is -1.86. The van der Waals surface area contributed by atoms with E-state index in [1.54, 1.807) is 6.20 Å². The second-order valence-electron chi connectivity index (χ2n) is 1.89. The van der Waals surface area contributed by atoms with E-state index in [9.17, 15) is 0 Å². The third kappa shape index (κ3) is 2.37. The first kappa shape index (κ1) is 13.8. The Morgan fingerprint density at radius 2 is 1.83 bits per heavy atom. The number of imidazole rings is 1. The molecule has 0 unspecified atom stereocenters. The molecule has 12 heavy (non-hydrogen) atoms. The normalized spacial score (nSPS) is 7.67. The molecule has 2 aromatic rings. The lowest BCUT2D eigenvalue weighted by atomic mass is 10.5. The predicted octanol–water partition coefficient (Wildman–Crippen LogP) is 1.35. The molecule has 2 heterocycles. The van der Waals surface area contributed by atoms with Crippen LogP contribution in [0.1, 0.15) is 0 Å². The van der Waals surface area contributed by atoms with Crippen LogP contribution in [0.3, 0.4) is 0 Å². The third-order valence-electron chi connectivity index (χ3n) is 1.30. The van der Waals surface area contributed by atoms with Gasteiger partial charge in [-0.3, -0.25) is 0 Å². The van der Waals surface area contributed by atoms with Crippen molar-refractivity contribution in [2.24, 2.45) is 0 Å². The minimum absolute atomic E-state index is 0. The number of halogens is 2. The lowest BCUT2D eigenvalue weighted by molar-refractivity contribution is 0.824. The average molecular weight is 209 g/mol. The molecule has 0 fully saturated rings. The van der Waals surface area contributed by atoms with Gasteiger partial charge in [-0.05, 0) is 12.1 Å². The highest BCUT2D eigenvalue weighted by atomic mass is 35.5. The smallest absolute Gasteiger partial charge is 0.136 e. The topological polar surface area (TPSA) is 48.8 Å². The molecule has 68 valence electrons. The summed E-state index contributed by atoms with van der Waals surface area (Å²) in [5.41, 5.74) is 0.998. The summed E-state index contributed by atoms with van der Waals surface area (Å²) >= 11 is 0. The van der Waals surface area contributed by atoms with Crippen LogP contribution < -0.4 is 0 Å². The van der Waals surface area contributed by atoms with Crippen molar-refractivity contribution in [3.05, 3.63) is 36.8 Å². The van der Waals surface area contributed by atoms with Crippen LogP contribution in [0.4, 0.5) is 0 Å². The molecule has 2 rings (SSSR count). The minimum atomic E-state index is 0. The van der Waals surface area contributed by atoms with Crippen LogP contribution in [-0.2, 0) is 0 Å². The monoisotopic (exact) mass is 208 g/mol. The third-order valence-corrected chi connectivity index (χ3v) is 1.30. The second kappa shape index (κ2) is 5.83. The summed E-state index contributed by atoms with van der Waals surface area (Å²) in [6.07, 6.45) is 5.69. The number of fused-ring (bicyclic) bond motifs is 1. The van der Waals surface area contributed by atoms with Gasteiger partial charge >= 0.3 is 0 Å². The molecule has 0 aliphatic carbocycles. The molecular formula is C7H10Cl2N2O. The van der Waals surface area contributed by atoms with Gasteiger partial charge in [-0.15, -0.1) is 24.8 Å². The van der Waals surface area contributed by atoms with Gasteiger partial charge in [-0.25, -0.2) is 4.98 Å². The molecule has 2 aromatic heterocycles. The van der Waals surface area contributed by atoms with E-state index in [0.717, 1.165) is 5.65 Å². The van der Waals surface area contributed by atoms with Crippen LogP contribution in [0.2, 0.25) is 0 Å². The molecule has 0 aromatic carbocycles. The number of hydrogen-bond acceptors (Lipinski definition) is 1. The van der Waals surface area contributed by atoms with Gasteiger partial charge < -0.3 is 9.88 Å². The Bertz CT molecular complexity index is 293. The van der Waals surface area contributed by atoms with Gasteiger partial charge in [0.25, 0.3) is 0 Å². The van der Waals surface area contributed by atoms with Crippen molar-refractivity contribution in [1.82, 2.24) is 9.38 Å². The fraction of sp³-hybridized carbons (Fsp3) is 0. The molecule has 5 heteroatoms. The quantitative estimate of drug-likeness (QED) is 0.646. The molecule has 3 nitrogen and oxygen atoms in total. The fourth-order valence-corrected chi connectivity index (χ4v) is 0.864. The van der Waals surface area contributed by atoms with Crippen molar-refractivity contribution in [3.63, 3.8) is 0 Å². The van der Waals surface area contributed by atoms with Crippen molar-refractivity contribution in [2.75, 3.05) is 0 Å². The summed E-state index contributed by atoms with van der Waals surface area (Å²) in [6, 6.07) is 5.93. The molecule has 0 bridgehead atoms. The Labute approximate surface area is 82.6 Å². The SMILES string of the molecule is Cl.Cl.O.c1ccn2ccnc2c1. The molecule has 0 radical (unpaired) electrons. The molecule has 0 amide bonds. The lowest BCUT2D eigenvalue weighted by Crippen LogP contribution is -1.77. The highest BCUT2D eigenvalue weighted by Gasteiger charge is 1.85. The summed E-state index contributed by atoms with van der Waals surface area (Å²) in [7, 11) is 0. The van der Waals surface area contributed by atoms with Gasteiger partial charge in [0.15, 0.2) is 0 Å². The van der Waals surface area contributed by atoms with Crippen molar-refractivity contribution < 1.29 is 5.48 Å². The zero-order valence-corrected chi connectivity index (χ0v) is 7.81. The van der Waals surface area contributed by atoms with E-state index >= 15 is 0 Å². The summed E-state index contributed by atoms with van der Waals surface area (Å²) in [5, 5.41) is 0. The number of aromatic nitrogens is 2. The van der Waals surface area contributed by atoms with Crippen LogP contribution >= 0.6 is 24.8 Å². The van der Waals surface area contributed by atoms with Crippen molar-refractivity contribution in [2.45, 2.75) is 0 Å².